The Hall–Kier alpha value is -3.48. The van der Waals surface area contributed by atoms with Gasteiger partial charge in [0.25, 0.3) is 11.6 Å². The molecular formula is C22H22N4O3. The molecule has 0 fully saturated rings. The second-order valence-corrected chi connectivity index (χ2v) is 7.47. The Kier molecular flexibility index (Phi) is 4.66. The summed E-state index contributed by atoms with van der Waals surface area (Å²) in [6, 6.07) is 12.7. The molecule has 1 aromatic heterocycles. The highest BCUT2D eigenvalue weighted by Crippen LogP contribution is 2.32. The molecule has 4 rings (SSSR count). The number of benzene rings is 2. The summed E-state index contributed by atoms with van der Waals surface area (Å²) in [5, 5.41) is 15.6. The zero-order chi connectivity index (χ0) is 20.7. The third-order valence-electron chi connectivity index (χ3n) is 5.55. The second kappa shape index (κ2) is 7.16. The van der Waals surface area contributed by atoms with E-state index in [-0.39, 0.29) is 11.6 Å². The molecule has 2 heterocycles. The molecule has 7 nitrogen and oxygen atoms in total. The van der Waals surface area contributed by atoms with Crippen LogP contribution in [-0.4, -0.2) is 27.2 Å². The molecule has 1 aliphatic heterocycles. The minimum atomic E-state index is -0.434. The van der Waals surface area contributed by atoms with Crippen LogP contribution < -0.4 is 4.90 Å². The van der Waals surface area contributed by atoms with Crippen molar-refractivity contribution in [3.05, 3.63) is 75.0 Å². The smallest absolute Gasteiger partial charge is 0.278 e. The van der Waals surface area contributed by atoms with Crippen molar-refractivity contribution in [1.82, 2.24) is 9.78 Å². The average Bonchev–Trinajstić information content (AvgIpc) is 3.10. The van der Waals surface area contributed by atoms with Crippen molar-refractivity contribution in [1.29, 1.82) is 0 Å². The summed E-state index contributed by atoms with van der Waals surface area (Å²) in [7, 11) is 1.82. The van der Waals surface area contributed by atoms with Crippen molar-refractivity contribution in [2.45, 2.75) is 26.7 Å². The summed E-state index contributed by atoms with van der Waals surface area (Å²) in [6.45, 7) is 4.63. The standard InChI is InChI=1S/C22H22N4O3/c1-14-6-7-17(11-15(14)2)20-13-19(23-24(20)3)22(27)25-10-4-5-16-8-9-18(26(28)29)12-21(16)25/h6-9,11-13H,4-5,10H2,1-3H3. The molecule has 0 aliphatic carbocycles. The van der Waals surface area contributed by atoms with Crippen LogP contribution in [0.25, 0.3) is 11.3 Å². The van der Waals surface area contributed by atoms with E-state index in [1.54, 1.807) is 21.7 Å². The summed E-state index contributed by atoms with van der Waals surface area (Å²) in [5.41, 5.74) is 6.10. The number of fused-ring (bicyclic) bond motifs is 1. The van der Waals surface area contributed by atoms with Gasteiger partial charge in [0.05, 0.1) is 16.3 Å². The van der Waals surface area contributed by atoms with E-state index >= 15 is 0 Å². The number of non-ortho nitro benzene ring substituents is 1. The molecule has 148 valence electrons. The van der Waals surface area contributed by atoms with Gasteiger partial charge >= 0.3 is 0 Å². The molecule has 0 unspecified atom stereocenters. The van der Waals surface area contributed by atoms with Crippen molar-refractivity contribution in [2.24, 2.45) is 7.05 Å². The number of carbonyl (C=O) groups is 1. The molecule has 1 aliphatic rings. The van der Waals surface area contributed by atoms with Crippen LogP contribution in [0.1, 0.15) is 33.6 Å². The third-order valence-corrected chi connectivity index (χ3v) is 5.55. The molecule has 2 aromatic carbocycles. The van der Waals surface area contributed by atoms with Crippen LogP contribution in [0.15, 0.2) is 42.5 Å². The molecular weight excluding hydrogens is 368 g/mol. The highest BCUT2D eigenvalue weighted by molar-refractivity contribution is 6.06. The van der Waals surface area contributed by atoms with Crippen LogP contribution in [0, 0.1) is 24.0 Å². The predicted octanol–water partition coefficient (Wildman–Crippen LogP) is 4.21. The zero-order valence-electron chi connectivity index (χ0n) is 16.7. The molecule has 0 spiro atoms. The summed E-state index contributed by atoms with van der Waals surface area (Å²) < 4.78 is 1.70. The van der Waals surface area contributed by atoms with Gasteiger partial charge in [0.15, 0.2) is 5.69 Å². The van der Waals surface area contributed by atoms with Gasteiger partial charge < -0.3 is 4.90 Å². The van der Waals surface area contributed by atoms with E-state index in [0.717, 1.165) is 29.7 Å². The lowest BCUT2D eigenvalue weighted by Gasteiger charge is -2.28. The van der Waals surface area contributed by atoms with Crippen molar-refractivity contribution >= 4 is 17.3 Å². The number of aromatic nitrogens is 2. The number of amides is 1. The van der Waals surface area contributed by atoms with Crippen molar-refractivity contribution < 1.29 is 9.72 Å². The van der Waals surface area contributed by atoms with Gasteiger partial charge in [0, 0.05) is 31.3 Å². The van der Waals surface area contributed by atoms with E-state index < -0.39 is 4.92 Å². The first kappa shape index (κ1) is 18.9. The number of rotatable bonds is 3. The third kappa shape index (κ3) is 3.40. The first-order valence-electron chi connectivity index (χ1n) is 9.56. The minimum absolute atomic E-state index is 0.0136. The molecule has 0 radical (unpaired) electrons. The van der Waals surface area contributed by atoms with Gasteiger partial charge in [-0.05, 0) is 55.5 Å². The summed E-state index contributed by atoms with van der Waals surface area (Å²) >= 11 is 0. The highest BCUT2D eigenvalue weighted by atomic mass is 16.6. The van der Waals surface area contributed by atoms with Crippen molar-refractivity contribution in [3.8, 4) is 11.3 Å². The van der Waals surface area contributed by atoms with Gasteiger partial charge in [0.2, 0.25) is 0 Å². The number of nitro groups is 1. The zero-order valence-corrected chi connectivity index (χ0v) is 16.7. The second-order valence-electron chi connectivity index (χ2n) is 7.47. The Morgan fingerprint density at radius 1 is 1.10 bits per heavy atom. The highest BCUT2D eigenvalue weighted by Gasteiger charge is 2.27. The number of nitro benzene ring substituents is 1. The molecule has 29 heavy (non-hydrogen) atoms. The van der Waals surface area contributed by atoms with E-state index in [4.69, 9.17) is 0 Å². The van der Waals surface area contributed by atoms with Gasteiger partial charge in [-0.1, -0.05) is 18.2 Å². The minimum Gasteiger partial charge on any atom is -0.306 e. The van der Waals surface area contributed by atoms with Gasteiger partial charge in [-0.25, -0.2) is 0 Å². The van der Waals surface area contributed by atoms with Crippen molar-refractivity contribution in [3.63, 3.8) is 0 Å². The van der Waals surface area contributed by atoms with Gasteiger partial charge in [0.1, 0.15) is 0 Å². The van der Waals surface area contributed by atoms with Crippen LogP contribution in [0.5, 0.6) is 0 Å². The van der Waals surface area contributed by atoms with E-state index in [1.807, 2.05) is 13.1 Å². The molecule has 0 N–H and O–H groups in total. The number of anilines is 1. The van der Waals surface area contributed by atoms with E-state index in [1.165, 1.54) is 23.3 Å². The van der Waals surface area contributed by atoms with Crippen LogP contribution in [-0.2, 0) is 13.5 Å². The number of carbonyl (C=O) groups excluding carboxylic acids is 1. The monoisotopic (exact) mass is 390 g/mol. The topological polar surface area (TPSA) is 81.3 Å². The van der Waals surface area contributed by atoms with E-state index in [0.29, 0.717) is 17.9 Å². The molecule has 0 atom stereocenters. The SMILES string of the molecule is Cc1ccc(-c2cc(C(=O)N3CCCc4ccc([N+](=O)[O-])cc43)nn2C)cc1C. The van der Waals surface area contributed by atoms with Crippen molar-refractivity contribution in [2.75, 3.05) is 11.4 Å². The fraction of sp³-hybridized carbons (Fsp3) is 0.273. The van der Waals surface area contributed by atoms with Crippen LogP contribution in [0.2, 0.25) is 0 Å². The van der Waals surface area contributed by atoms with Crippen LogP contribution in [0.4, 0.5) is 11.4 Å². The molecule has 0 saturated carbocycles. The maximum absolute atomic E-state index is 13.2. The fourth-order valence-electron chi connectivity index (χ4n) is 3.77. The Labute approximate surface area is 168 Å². The number of hydrogen-bond acceptors (Lipinski definition) is 4. The molecule has 0 saturated heterocycles. The Balaban J connectivity index is 1.71. The molecule has 7 heteroatoms. The Morgan fingerprint density at radius 2 is 1.90 bits per heavy atom. The summed E-state index contributed by atoms with van der Waals surface area (Å²) in [5.74, 6) is -0.239. The maximum Gasteiger partial charge on any atom is 0.278 e. The largest absolute Gasteiger partial charge is 0.306 e. The Bertz CT molecular complexity index is 1130. The number of nitrogens with zero attached hydrogens (tertiary/aromatic N) is 4. The van der Waals surface area contributed by atoms with Gasteiger partial charge in [-0.3, -0.25) is 19.6 Å². The average molecular weight is 390 g/mol. The van der Waals surface area contributed by atoms with Gasteiger partial charge in [-0.2, -0.15) is 5.10 Å². The molecule has 0 bridgehead atoms. The lowest BCUT2D eigenvalue weighted by Crippen LogP contribution is -2.35. The maximum atomic E-state index is 13.2. The Morgan fingerprint density at radius 3 is 2.62 bits per heavy atom. The number of aryl methyl sites for hydroxylation is 4. The number of hydrogen-bond donors (Lipinski definition) is 0. The van der Waals surface area contributed by atoms with Crippen LogP contribution >= 0.6 is 0 Å². The lowest BCUT2D eigenvalue weighted by molar-refractivity contribution is -0.384. The van der Waals surface area contributed by atoms with Gasteiger partial charge in [-0.15, -0.1) is 0 Å². The quantitative estimate of drug-likeness (QED) is 0.496. The predicted molar refractivity (Wildman–Crippen MR) is 111 cm³/mol. The fourth-order valence-corrected chi connectivity index (χ4v) is 3.77. The first-order chi connectivity index (χ1) is 13.8. The molecule has 1 amide bonds. The summed E-state index contributed by atoms with van der Waals surface area (Å²) in [6.07, 6.45) is 1.61. The van der Waals surface area contributed by atoms with E-state index in [2.05, 4.69) is 31.1 Å². The lowest BCUT2D eigenvalue weighted by atomic mass is 10.0. The summed E-state index contributed by atoms with van der Waals surface area (Å²) in [4.78, 5) is 25.6. The molecule has 3 aromatic rings. The first-order valence-corrected chi connectivity index (χ1v) is 9.56. The normalized spacial score (nSPS) is 13.3. The van der Waals surface area contributed by atoms with Crippen LogP contribution in [0.3, 0.4) is 0 Å². The van der Waals surface area contributed by atoms with E-state index in [9.17, 15) is 14.9 Å².